The van der Waals surface area contributed by atoms with E-state index < -0.39 is 95.9 Å². The predicted octanol–water partition coefficient (Wildman–Crippen LogP) is 11.1. The lowest BCUT2D eigenvalue weighted by Crippen LogP contribution is -2.17. The molecule has 0 fully saturated rings. The Balaban J connectivity index is 0.000000107. The number of halogens is 3. The summed E-state index contributed by atoms with van der Waals surface area (Å²) in [6, 6.07) is 57.9. The highest BCUT2D eigenvalue weighted by Crippen LogP contribution is 2.36. The second kappa shape index (κ2) is 39.0. The molecule has 6 aliphatic rings. The van der Waals surface area contributed by atoms with E-state index in [4.69, 9.17) is 5.26 Å². The molecule has 6 aliphatic heterocycles. The molecule has 47 heteroatoms. The number of carbonyl (C=O) groups excluding carboxylic acids is 6. The molecule has 12 aromatic heterocycles. The maximum Gasteiger partial charge on any atom is 0.280 e. The summed E-state index contributed by atoms with van der Waals surface area (Å²) in [4.78, 5) is 97.4. The summed E-state index contributed by atoms with van der Waals surface area (Å²) < 4.78 is 133. The van der Waals surface area contributed by atoms with Gasteiger partial charge in [0.1, 0.15) is 23.3 Å². The zero-order valence-electron chi connectivity index (χ0n) is 71.7. The minimum atomic E-state index is -2.64. The van der Waals surface area contributed by atoms with Gasteiger partial charge in [0.2, 0.25) is 0 Å². The highest BCUT2D eigenvalue weighted by molar-refractivity contribution is 7.95. The van der Waals surface area contributed by atoms with Crippen molar-refractivity contribution in [2.45, 2.75) is 20.3 Å². The highest BCUT2D eigenvalue weighted by atomic mass is 32.2. The van der Waals surface area contributed by atoms with Crippen LogP contribution in [0.25, 0.3) is 163 Å². The maximum atomic E-state index is 13.0. The lowest BCUT2D eigenvalue weighted by atomic mass is 10.0. The number of rotatable bonds is 13. The summed E-state index contributed by atoms with van der Waals surface area (Å²) in [5.41, 5.74) is 16.0. The monoisotopic (exact) mass is 1980 g/mol. The molecule has 6 atom stereocenters. The molecule has 0 spiro atoms. The third-order valence-corrected chi connectivity index (χ3v) is 27.6. The Morgan fingerprint density at radius 1 is 0.321 bits per heavy atom. The van der Waals surface area contributed by atoms with E-state index in [9.17, 15) is 67.2 Å². The van der Waals surface area contributed by atoms with Gasteiger partial charge in [0.05, 0.1) is 117 Å². The van der Waals surface area contributed by atoms with E-state index in [1.807, 2.05) is 141 Å². The number of fused-ring (bicyclic) bond motifs is 6. The number of hydrogen-bond acceptors (Lipinski definition) is 26. The van der Waals surface area contributed by atoms with Crippen molar-refractivity contribution in [1.82, 2.24) is 122 Å². The average molecular weight is 1980 g/mol. The summed E-state index contributed by atoms with van der Waals surface area (Å²) in [6.45, 7) is 3.84. The van der Waals surface area contributed by atoms with Crippen molar-refractivity contribution in [3.05, 3.63) is 321 Å². The molecule has 140 heavy (non-hydrogen) atoms. The molecule has 0 bridgehead atoms. The van der Waals surface area contributed by atoms with E-state index in [-0.39, 0.29) is 33.5 Å². The smallest absolute Gasteiger partial charge is 0.269 e. The number of nitrogens with one attached hydrogen (secondary N) is 6. The van der Waals surface area contributed by atoms with Crippen LogP contribution < -0.4 is 28.3 Å². The largest absolute Gasteiger partial charge is 0.280 e. The van der Waals surface area contributed by atoms with Crippen molar-refractivity contribution in [2.75, 3.05) is 0 Å². The normalized spacial score (nSPS) is 17.2. The number of aryl methyl sites for hydroxylation is 2. The fraction of sp³-hybridized carbons (Fsp3) is 0.0323. The van der Waals surface area contributed by atoms with Crippen LogP contribution in [0.4, 0.5) is 13.2 Å². The molecule has 24 rings (SSSR count). The second-order valence-corrected chi connectivity index (χ2v) is 37.3. The van der Waals surface area contributed by atoms with Gasteiger partial charge in [-0.05, 0) is 152 Å². The van der Waals surface area contributed by atoms with Crippen LogP contribution in [0.1, 0.15) is 29.2 Å². The van der Waals surface area contributed by atoms with Gasteiger partial charge < -0.3 is 0 Å². The Labute approximate surface area is 800 Å². The van der Waals surface area contributed by atoms with Crippen LogP contribution in [0.5, 0.6) is 0 Å². The van der Waals surface area contributed by atoms with Crippen LogP contribution in [0.15, 0.2) is 293 Å². The quantitative estimate of drug-likeness (QED) is 0.0624. The summed E-state index contributed by atoms with van der Waals surface area (Å²) in [6.07, 6.45) is 22.9. The second-order valence-electron chi connectivity index (χ2n) is 30.3. The van der Waals surface area contributed by atoms with Gasteiger partial charge in [-0.25, -0.2) is 81.5 Å². The molecule has 18 aromatic rings. The Morgan fingerprint density at radius 2 is 0.671 bits per heavy atom. The molecule has 0 saturated carbocycles. The number of alkyl halides is 2. The first-order chi connectivity index (χ1) is 67.8. The number of nitrogens with zero attached hydrogens (tertiary/aromatic N) is 20. The standard InChI is InChI=1S/C16H10F2N4O2S.C16H9N5O2S.C16H12N4O2S.C15H9FN4O2S.C15H11N5O2S.C15H10N4O2S/c17-16(18)12-3-1-2-11(20-12)9-4-5-13-10(6-9)8-19-22(13)15-7-14(23)21-25(15)24;17-8-12-2-1-3-13(19-12)10-4-5-14-11(6-10)9-18-21(14)16-7-15(22)20-24(16)23;1-10-3-2-4-13(18-10)11-5-6-14-12(7-11)9-17-20(14)16-8-15(21)19-23(16)22;16-11-2-3-12(17-8-11)9-1-4-13-10(5-9)7-18-20(13)15-6-14(21)19-23(15)22;1-9-6-16-8-12(18-9)10-2-3-13-11(4-10)7-17-20(13)15-5-14(21)19-23(15)22;20-14-8-15(22(21)18-14)19-13-3-1-2-11(12(13)9-17-19)10-4-6-16-7-5-10/h1-8,16H,(H,21,23);1-7,9H,(H,20,22);2-9H,1H3,(H,19,21);1-8H,(H,19,21);2-8H,1H3,(H,19,21);1-9H,(H,18,20). The molecule has 0 aliphatic carbocycles. The molecule has 6 amide bonds. The number of carbonyl (C=O) groups is 6. The topological polar surface area (TPSA) is 498 Å². The van der Waals surface area contributed by atoms with E-state index in [1.165, 1.54) is 82.7 Å². The van der Waals surface area contributed by atoms with Gasteiger partial charge in [-0.1, -0.05) is 60.7 Å². The van der Waals surface area contributed by atoms with Gasteiger partial charge in [0.15, 0.2) is 96.1 Å². The Morgan fingerprint density at radius 3 is 1.04 bits per heavy atom. The van der Waals surface area contributed by atoms with E-state index in [1.54, 1.807) is 110 Å². The van der Waals surface area contributed by atoms with Crippen molar-refractivity contribution in [2.24, 2.45) is 0 Å². The first-order valence-electron chi connectivity index (χ1n) is 41.2. The summed E-state index contributed by atoms with van der Waals surface area (Å²) in [5, 5.41) is 41.2. The van der Waals surface area contributed by atoms with Crippen LogP contribution in [-0.2, 0) is 94.7 Å². The van der Waals surface area contributed by atoms with Crippen molar-refractivity contribution in [3.8, 4) is 73.5 Å². The number of benzene rings is 6. The van der Waals surface area contributed by atoms with E-state index in [2.05, 4.69) is 93.8 Å². The van der Waals surface area contributed by atoms with Gasteiger partial charge in [0, 0.05) is 121 Å². The number of nitriles is 1. The molecule has 6 N–H and O–H groups in total. The molecule has 38 nitrogen and oxygen atoms in total. The van der Waals surface area contributed by atoms with Gasteiger partial charge in [-0.3, -0.25) is 77.0 Å². The SMILES string of the molecule is Cc1cccc(-c2ccc3c(cnn3C3=CC(=O)NS3=O)c2)n1.Cc1cncc(-c2ccc3c(cnn3C3=CC(=O)NS3=O)c2)n1.N#Cc1cccc(-c2ccc3c(cnn3C3=CC(=O)NS3=O)c2)n1.O=C1C=C(n2ncc3c(-c4ccncc4)cccc32)S(=O)N1.O=C1C=C(n2ncc3cc(-c4ccc(F)cn4)ccc32)S(=O)N1.O=C1C=C(n2ncc3cc(-c4cccc(C(F)F)n4)ccc32)S(=O)N1. The first kappa shape index (κ1) is 91.5. The van der Waals surface area contributed by atoms with Crippen molar-refractivity contribution >= 4 is 197 Å². The third kappa shape index (κ3) is 19.2. The number of hydrogen-bond donors (Lipinski definition) is 6. The van der Waals surface area contributed by atoms with Gasteiger partial charge in [-0.15, -0.1) is 0 Å². The van der Waals surface area contributed by atoms with Crippen LogP contribution in [-0.4, -0.2) is 154 Å². The lowest BCUT2D eigenvalue weighted by Gasteiger charge is -2.06. The number of pyridine rings is 5. The van der Waals surface area contributed by atoms with Crippen molar-refractivity contribution < 1.29 is 67.2 Å². The van der Waals surface area contributed by atoms with E-state index in [0.29, 0.717) is 64.9 Å². The van der Waals surface area contributed by atoms with Crippen LogP contribution in [0, 0.1) is 31.0 Å². The highest BCUT2D eigenvalue weighted by Gasteiger charge is 2.31. The average Bonchev–Trinajstić information content (AvgIpc) is 1.60. The minimum absolute atomic E-state index is 0.241. The van der Waals surface area contributed by atoms with Crippen LogP contribution in [0.3, 0.4) is 0 Å². The van der Waals surface area contributed by atoms with Crippen LogP contribution >= 0.6 is 0 Å². The molecule has 18 heterocycles. The van der Waals surface area contributed by atoms with Gasteiger partial charge in [0.25, 0.3) is 41.9 Å². The molecule has 0 radical (unpaired) electrons. The summed E-state index contributed by atoms with van der Waals surface area (Å²) in [7, 11) is -9.61. The molecule has 6 aromatic carbocycles. The Kier molecular flexibility index (Phi) is 25.5. The van der Waals surface area contributed by atoms with Gasteiger partial charge in [-0.2, -0.15) is 35.9 Å². The zero-order chi connectivity index (χ0) is 97.3. The fourth-order valence-electron chi connectivity index (χ4n) is 15.0. The maximum absolute atomic E-state index is 13.0. The molecule has 6 unspecified atom stereocenters. The fourth-order valence-corrected chi connectivity index (χ4v) is 20.1. The number of aromatic nitrogens is 19. The summed E-state index contributed by atoms with van der Waals surface area (Å²) >= 11 is 0. The minimum Gasteiger partial charge on any atom is -0.269 e. The van der Waals surface area contributed by atoms with Crippen molar-refractivity contribution in [3.63, 3.8) is 0 Å². The van der Waals surface area contributed by atoms with Crippen LogP contribution in [0.2, 0.25) is 0 Å². The Bertz CT molecular complexity index is 8520. The van der Waals surface area contributed by atoms with E-state index >= 15 is 0 Å². The molecule has 0 saturated heterocycles. The zero-order valence-corrected chi connectivity index (χ0v) is 76.6. The molecular formula is C93H61F3N26O12S6. The van der Waals surface area contributed by atoms with Crippen molar-refractivity contribution in [1.29, 1.82) is 5.26 Å². The summed E-state index contributed by atoms with van der Waals surface area (Å²) in [5.74, 6) is -2.77. The first-order valence-corrected chi connectivity index (χ1v) is 48.1. The van der Waals surface area contributed by atoms with E-state index in [0.717, 1.165) is 111 Å². The predicted molar refractivity (Wildman–Crippen MR) is 518 cm³/mol. The Hall–Kier alpha value is -17.6. The number of amides is 6. The molecular weight excluding hydrogens is 1920 g/mol. The van der Waals surface area contributed by atoms with Gasteiger partial charge >= 0.3 is 0 Å². The lowest BCUT2D eigenvalue weighted by molar-refractivity contribution is -0.115. The third-order valence-electron chi connectivity index (χ3n) is 21.2. The molecule has 692 valence electrons.